The maximum Gasteiger partial charge on any atom is 0.251 e. The first-order chi connectivity index (χ1) is 15.2. The van der Waals surface area contributed by atoms with Gasteiger partial charge in [0.05, 0.1) is 11.9 Å². The predicted molar refractivity (Wildman–Crippen MR) is 127 cm³/mol. The zero-order chi connectivity index (χ0) is 21.5. The molecule has 0 spiro atoms. The molecule has 1 aliphatic rings. The summed E-state index contributed by atoms with van der Waals surface area (Å²) in [7, 11) is 0. The van der Waals surface area contributed by atoms with Crippen molar-refractivity contribution in [3.05, 3.63) is 101 Å². The van der Waals surface area contributed by atoms with Gasteiger partial charge in [0.25, 0.3) is 5.91 Å². The second kappa shape index (κ2) is 10.4. The van der Waals surface area contributed by atoms with Gasteiger partial charge in [-0.05, 0) is 54.3 Å². The van der Waals surface area contributed by atoms with Gasteiger partial charge in [-0.1, -0.05) is 54.1 Å². The van der Waals surface area contributed by atoms with Gasteiger partial charge in [-0.25, -0.2) is 0 Å². The third-order valence-corrected chi connectivity index (χ3v) is 5.87. The molecule has 1 fully saturated rings. The molecule has 1 saturated heterocycles. The van der Waals surface area contributed by atoms with E-state index >= 15 is 0 Å². The highest BCUT2D eigenvalue weighted by atomic mass is 35.5. The zero-order valence-electron chi connectivity index (χ0n) is 17.4. The van der Waals surface area contributed by atoms with Crippen molar-refractivity contribution in [2.45, 2.75) is 25.4 Å². The van der Waals surface area contributed by atoms with Crippen LogP contribution >= 0.6 is 11.6 Å². The van der Waals surface area contributed by atoms with Crippen molar-refractivity contribution in [1.29, 1.82) is 0 Å². The molecule has 0 bridgehead atoms. The molecule has 2 heterocycles. The molecule has 158 valence electrons. The molecule has 0 saturated carbocycles. The SMILES string of the molecule is O=C(/C=C/c1ccc(Cl)cc1)N(c1cccnc1)C1CCN(Cc2ccccc2)CC1. The molecule has 0 N–H and O–H groups in total. The fraction of sp³-hybridized carbons (Fsp3) is 0.231. The van der Waals surface area contributed by atoms with E-state index in [-0.39, 0.29) is 11.9 Å². The lowest BCUT2D eigenvalue weighted by Gasteiger charge is -2.38. The Balaban J connectivity index is 1.46. The van der Waals surface area contributed by atoms with E-state index in [0.717, 1.165) is 43.7 Å². The van der Waals surface area contributed by atoms with Crippen molar-refractivity contribution in [2.24, 2.45) is 0 Å². The summed E-state index contributed by atoms with van der Waals surface area (Å²) < 4.78 is 0. The monoisotopic (exact) mass is 431 g/mol. The van der Waals surface area contributed by atoms with Gasteiger partial charge in [0, 0.05) is 43.0 Å². The summed E-state index contributed by atoms with van der Waals surface area (Å²) in [4.78, 5) is 21.8. The molecule has 0 unspecified atom stereocenters. The average molecular weight is 432 g/mol. The van der Waals surface area contributed by atoms with Crippen molar-refractivity contribution in [3.63, 3.8) is 0 Å². The van der Waals surface area contributed by atoms with Gasteiger partial charge in [0.2, 0.25) is 0 Å². The van der Waals surface area contributed by atoms with E-state index in [1.54, 1.807) is 18.5 Å². The summed E-state index contributed by atoms with van der Waals surface area (Å²) in [5.74, 6) is -0.0236. The van der Waals surface area contributed by atoms with Crippen LogP contribution in [0.4, 0.5) is 5.69 Å². The highest BCUT2D eigenvalue weighted by molar-refractivity contribution is 6.30. The topological polar surface area (TPSA) is 36.4 Å². The number of aromatic nitrogens is 1. The summed E-state index contributed by atoms with van der Waals surface area (Å²) in [5, 5.41) is 0.683. The molecule has 1 amide bonds. The number of piperidine rings is 1. The lowest BCUT2D eigenvalue weighted by molar-refractivity contribution is -0.114. The fourth-order valence-corrected chi connectivity index (χ4v) is 4.14. The number of carbonyl (C=O) groups is 1. The molecule has 1 aromatic heterocycles. The molecule has 31 heavy (non-hydrogen) atoms. The van der Waals surface area contributed by atoms with Crippen LogP contribution in [0.5, 0.6) is 0 Å². The first kappa shape index (κ1) is 21.3. The number of pyridine rings is 1. The molecule has 4 rings (SSSR count). The van der Waals surface area contributed by atoms with E-state index in [0.29, 0.717) is 5.02 Å². The first-order valence-electron chi connectivity index (χ1n) is 10.6. The highest BCUT2D eigenvalue weighted by Crippen LogP contribution is 2.25. The zero-order valence-corrected chi connectivity index (χ0v) is 18.2. The van der Waals surface area contributed by atoms with Crippen LogP contribution < -0.4 is 4.90 Å². The van der Waals surface area contributed by atoms with Crippen molar-refractivity contribution >= 4 is 29.3 Å². The molecule has 4 nitrogen and oxygen atoms in total. The number of rotatable bonds is 6. The minimum absolute atomic E-state index is 0.0236. The van der Waals surface area contributed by atoms with Crippen molar-refractivity contribution in [3.8, 4) is 0 Å². The lowest BCUT2D eigenvalue weighted by Crippen LogP contribution is -2.47. The molecule has 3 aromatic rings. The summed E-state index contributed by atoms with van der Waals surface area (Å²) in [6, 6.07) is 22.0. The Hall–Kier alpha value is -2.95. The van der Waals surface area contributed by atoms with Gasteiger partial charge in [0.1, 0.15) is 0 Å². The summed E-state index contributed by atoms with van der Waals surface area (Å²) >= 11 is 5.96. The van der Waals surface area contributed by atoms with E-state index in [9.17, 15) is 4.79 Å². The third kappa shape index (κ3) is 5.81. The van der Waals surface area contributed by atoms with Crippen molar-refractivity contribution < 1.29 is 4.79 Å². The Kier molecular flexibility index (Phi) is 7.13. The molecule has 1 aliphatic heterocycles. The Morgan fingerprint density at radius 2 is 1.77 bits per heavy atom. The van der Waals surface area contributed by atoms with E-state index < -0.39 is 0 Å². The third-order valence-electron chi connectivity index (χ3n) is 5.62. The lowest BCUT2D eigenvalue weighted by atomic mass is 10.0. The number of likely N-dealkylation sites (tertiary alicyclic amines) is 1. The number of carbonyl (C=O) groups excluding carboxylic acids is 1. The normalized spacial score (nSPS) is 15.3. The van der Waals surface area contributed by atoms with E-state index in [1.165, 1.54) is 5.56 Å². The molecular weight excluding hydrogens is 406 g/mol. The van der Waals surface area contributed by atoms with Crippen LogP contribution in [0.1, 0.15) is 24.0 Å². The number of hydrogen-bond donors (Lipinski definition) is 0. The second-order valence-corrected chi connectivity index (χ2v) is 8.23. The van der Waals surface area contributed by atoms with E-state index in [1.807, 2.05) is 53.4 Å². The molecule has 0 radical (unpaired) electrons. The van der Waals surface area contributed by atoms with Gasteiger partial charge in [-0.2, -0.15) is 0 Å². The molecule has 5 heteroatoms. The standard InChI is InChI=1S/C26H26ClN3O/c27-23-11-8-21(9-12-23)10-13-26(31)30(25-7-4-16-28-19-25)24-14-17-29(18-15-24)20-22-5-2-1-3-6-22/h1-13,16,19,24H,14-15,17-18,20H2/b13-10+. The van der Waals surface area contributed by atoms with Crippen LogP contribution in [0.25, 0.3) is 6.08 Å². The largest absolute Gasteiger partial charge is 0.304 e. The Morgan fingerprint density at radius 1 is 1.03 bits per heavy atom. The summed E-state index contributed by atoms with van der Waals surface area (Å²) in [6.45, 7) is 2.87. The molecule has 2 aromatic carbocycles. The molecule has 0 aliphatic carbocycles. The average Bonchev–Trinajstić information content (AvgIpc) is 2.81. The van der Waals surface area contributed by atoms with Crippen LogP contribution in [-0.4, -0.2) is 34.9 Å². The number of halogens is 1. The maximum atomic E-state index is 13.2. The Morgan fingerprint density at radius 3 is 2.45 bits per heavy atom. The second-order valence-electron chi connectivity index (χ2n) is 7.80. The van der Waals surface area contributed by atoms with Gasteiger partial charge < -0.3 is 4.90 Å². The Bertz CT molecular complexity index is 998. The van der Waals surface area contributed by atoms with Gasteiger partial charge in [-0.15, -0.1) is 0 Å². The first-order valence-corrected chi connectivity index (χ1v) is 11.0. The highest BCUT2D eigenvalue weighted by Gasteiger charge is 2.28. The molecule has 0 atom stereocenters. The number of benzene rings is 2. The number of nitrogens with zero attached hydrogens (tertiary/aromatic N) is 3. The quantitative estimate of drug-likeness (QED) is 0.487. The van der Waals surface area contributed by atoms with E-state index in [2.05, 4.69) is 34.1 Å². The van der Waals surface area contributed by atoms with Gasteiger partial charge in [0.15, 0.2) is 0 Å². The maximum absolute atomic E-state index is 13.2. The van der Waals surface area contributed by atoms with Crippen LogP contribution in [0.2, 0.25) is 5.02 Å². The predicted octanol–water partition coefficient (Wildman–Crippen LogP) is 5.45. The Labute approximate surface area is 188 Å². The van der Waals surface area contributed by atoms with Gasteiger partial charge >= 0.3 is 0 Å². The number of hydrogen-bond acceptors (Lipinski definition) is 3. The summed E-state index contributed by atoms with van der Waals surface area (Å²) in [5.41, 5.74) is 3.11. The smallest absolute Gasteiger partial charge is 0.251 e. The van der Waals surface area contributed by atoms with Crippen molar-refractivity contribution in [1.82, 2.24) is 9.88 Å². The minimum Gasteiger partial charge on any atom is -0.304 e. The summed E-state index contributed by atoms with van der Waals surface area (Å²) in [6.07, 6.45) is 8.85. The number of amides is 1. The van der Waals surface area contributed by atoms with E-state index in [4.69, 9.17) is 11.6 Å². The fourth-order valence-electron chi connectivity index (χ4n) is 4.01. The van der Waals surface area contributed by atoms with Crippen LogP contribution in [0.15, 0.2) is 85.2 Å². The molecular formula is C26H26ClN3O. The van der Waals surface area contributed by atoms with Crippen LogP contribution in [0.3, 0.4) is 0 Å². The van der Waals surface area contributed by atoms with Crippen LogP contribution in [0, 0.1) is 0 Å². The minimum atomic E-state index is -0.0236. The van der Waals surface area contributed by atoms with Crippen LogP contribution in [-0.2, 0) is 11.3 Å². The van der Waals surface area contributed by atoms with Gasteiger partial charge in [-0.3, -0.25) is 14.7 Å². The van der Waals surface area contributed by atoms with Crippen molar-refractivity contribution in [2.75, 3.05) is 18.0 Å². The number of anilines is 1.